The van der Waals surface area contributed by atoms with Crippen molar-refractivity contribution in [1.82, 2.24) is 14.9 Å². The molecular formula is C19H24FN3O2. The number of ether oxygens (including phenoxy) is 2. The zero-order chi connectivity index (χ0) is 17.6. The second-order valence-corrected chi connectivity index (χ2v) is 6.27. The molecule has 0 amide bonds. The molecule has 0 N–H and O–H groups in total. The van der Waals surface area contributed by atoms with Crippen molar-refractivity contribution >= 4 is 0 Å². The lowest BCUT2D eigenvalue weighted by Crippen LogP contribution is -2.39. The largest absolute Gasteiger partial charge is 0.490 e. The highest BCUT2D eigenvalue weighted by atomic mass is 19.1. The third kappa shape index (κ3) is 4.96. The predicted molar refractivity (Wildman–Crippen MR) is 93.2 cm³/mol. The van der Waals surface area contributed by atoms with Crippen molar-refractivity contribution in [3.8, 4) is 5.75 Å². The van der Waals surface area contributed by atoms with Crippen LogP contribution in [0.4, 0.5) is 4.39 Å². The van der Waals surface area contributed by atoms with Gasteiger partial charge in [-0.05, 0) is 38.5 Å². The van der Waals surface area contributed by atoms with E-state index in [-0.39, 0.29) is 11.9 Å². The fourth-order valence-corrected chi connectivity index (χ4v) is 3.03. The van der Waals surface area contributed by atoms with Gasteiger partial charge in [-0.3, -0.25) is 4.90 Å². The molecule has 0 radical (unpaired) electrons. The van der Waals surface area contributed by atoms with Crippen molar-refractivity contribution in [2.24, 2.45) is 0 Å². The number of rotatable bonds is 6. The summed E-state index contributed by atoms with van der Waals surface area (Å²) in [5, 5.41) is 0. The Morgan fingerprint density at radius 1 is 1.28 bits per heavy atom. The molecule has 3 rings (SSSR count). The van der Waals surface area contributed by atoms with Crippen molar-refractivity contribution in [2.45, 2.75) is 26.4 Å². The molecule has 1 aliphatic rings. The molecule has 2 heterocycles. The molecule has 6 heteroatoms. The third-order valence-corrected chi connectivity index (χ3v) is 4.18. The van der Waals surface area contributed by atoms with Gasteiger partial charge in [0.05, 0.1) is 18.9 Å². The van der Waals surface area contributed by atoms with E-state index in [4.69, 9.17) is 9.47 Å². The monoisotopic (exact) mass is 345 g/mol. The maximum absolute atomic E-state index is 13.5. The van der Waals surface area contributed by atoms with Crippen molar-refractivity contribution in [2.75, 3.05) is 32.8 Å². The van der Waals surface area contributed by atoms with Gasteiger partial charge in [-0.1, -0.05) is 12.1 Å². The van der Waals surface area contributed by atoms with Crippen molar-refractivity contribution < 1.29 is 13.9 Å². The summed E-state index contributed by atoms with van der Waals surface area (Å²) < 4.78 is 24.9. The maximum atomic E-state index is 13.5. The molecule has 0 spiro atoms. The number of benzene rings is 1. The molecular weight excluding hydrogens is 321 g/mol. The van der Waals surface area contributed by atoms with Crippen LogP contribution in [0, 0.1) is 19.7 Å². The topological polar surface area (TPSA) is 47.5 Å². The lowest BCUT2D eigenvalue weighted by molar-refractivity contribution is -0.0332. The first-order valence-corrected chi connectivity index (χ1v) is 8.65. The van der Waals surface area contributed by atoms with Crippen LogP contribution in [0.1, 0.15) is 29.7 Å². The molecule has 5 nitrogen and oxygen atoms in total. The summed E-state index contributed by atoms with van der Waals surface area (Å²) in [7, 11) is 0. The van der Waals surface area contributed by atoms with Crippen molar-refractivity contribution in [3.05, 3.63) is 53.4 Å². The standard InChI is InChI=1S/C19H24FN3O2/c1-14-12-17(22-15(2)21-14)19-13-23(9-11-25-19)8-5-10-24-18-7-4-3-6-16(18)20/h3-4,6-7,12,19H,5,8-11,13H2,1-2H3. The number of hydrogen-bond acceptors (Lipinski definition) is 5. The van der Waals surface area contributed by atoms with Crippen LogP contribution in [-0.2, 0) is 4.74 Å². The van der Waals surface area contributed by atoms with Gasteiger partial charge in [0, 0.05) is 25.3 Å². The molecule has 1 aliphatic heterocycles. The van der Waals surface area contributed by atoms with Gasteiger partial charge in [0.25, 0.3) is 0 Å². The number of aryl methyl sites for hydroxylation is 2. The summed E-state index contributed by atoms with van der Waals surface area (Å²) in [6.45, 7) is 7.62. The number of nitrogens with zero attached hydrogens (tertiary/aromatic N) is 3. The summed E-state index contributed by atoms with van der Waals surface area (Å²) in [6, 6.07) is 8.49. The van der Waals surface area contributed by atoms with Gasteiger partial charge in [-0.15, -0.1) is 0 Å². The first-order valence-electron chi connectivity index (χ1n) is 8.65. The predicted octanol–water partition coefficient (Wildman–Crippen LogP) is 3.07. The summed E-state index contributed by atoms with van der Waals surface area (Å²) in [5.74, 6) is 0.770. The lowest BCUT2D eigenvalue weighted by atomic mass is 10.1. The van der Waals surface area contributed by atoms with Crippen LogP contribution < -0.4 is 4.74 Å². The highest BCUT2D eigenvalue weighted by molar-refractivity contribution is 5.23. The fourth-order valence-electron chi connectivity index (χ4n) is 3.03. The van der Waals surface area contributed by atoms with Crippen LogP contribution in [0.15, 0.2) is 30.3 Å². The smallest absolute Gasteiger partial charge is 0.165 e. The quantitative estimate of drug-likeness (QED) is 0.753. The van der Waals surface area contributed by atoms with Crippen LogP contribution in [0.5, 0.6) is 5.75 Å². The Hall–Kier alpha value is -2.05. The molecule has 1 aromatic heterocycles. The van der Waals surface area contributed by atoms with Gasteiger partial charge in [0.2, 0.25) is 0 Å². The summed E-state index contributed by atoms with van der Waals surface area (Å²) in [5.41, 5.74) is 1.90. The lowest BCUT2D eigenvalue weighted by Gasteiger charge is -2.32. The van der Waals surface area contributed by atoms with E-state index in [2.05, 4.69) is 14.9 Å². The van der Waals surface area contributed by atoms with Crippen LogP contribution in [0.2, 0.25) is 0 Å². The number of halogens is 1. The van der Waals surface area contributed by atoms with Gasteiger partial charge < -0.3 is 9.47 Å². The Balaban J connectivity index is 1.48. The van der Waals surface area contributed by atoms with Gasteiger partial charge in [0.15, 0.2) is 11.6 Å². The molecule has 1 saturated heterocycles. The molecule has 25 heavy (non-hydrogen) atoms. The van der Waals surface area contributed by atoms with E-state index < -0.39 is 0 Å². The average Bonchev–Trinajstić information content (AvgIpc) is 2.59. The first-order chi connectivity index (χ1) is 12.1. The minimum Gasteiger partial charge on any atom is -0.490 e. The van der Waals surface area contributed by atoms with Crippen molar-refractivity contribution in [3.63, 3.8) is 0 Å². The molecule has 1 fully saturated rings. The van der Waals surface area contributed by atoms with E-state index in [1.54, 1.807) is 18.2 Å². The summed E-state index contributed by atoms with van der Waals surface area (Å²) in [4.78, 5) is 11.2. The highest BCUT2D eigenvalue weighted by Crippen LogP contribution is 2.21. The van der Waals surface area contributed by atoms with E-state index >= 15 is 0 Å². The summed E-state index contributed by atoms with van der Waals surface area (Å²) in [6.07, 6.45) is 0.810. The zero-order valence-electron chi connectivity index (χ0n) is 14.7. The van der Waals surface area contributed by atoms with E-state index in [1.807, 2.05) is 19.9 Å². The van der Waals surface area contributed by atoms with E-state index in [9.17, 15) is 4.39 Å². The third-order valence-electron chi connectivity index (χ3n) is 4.18. The van der Waals surface area contributed by atoms with Crippen LogP contribution in [0.3, 0.4) is 0 Å². The van der Waals surface area contributed by atoms with Gasteiger partial charge in [-0.25, -0.2) is 14.4 Å². The SMILES string of the molecule is Cc1cc(C2CN(CCCOc3ccccc3F)CCO2)nc(C)n1. The van der Waals surface area contributed by atoms with Gasteiger partial charge >= 0.3 is 0 Å². The van der Waals surface area contributed by atoms with Gasteiger partial charge in [-0.2, -0.15) is 0 Å². The summed E-state index contributed by atoms with van der Waals surface area (Å²) >= 11 is 0. The number of hydrogen-bond donors (Lipinski definition) is 0. The molecule has 134 valence electrons. The number of morpholine rings is 1. The van der Waals surface area contributed by atoms with Gasteiger partial charge in [0.1, 0.15) is 11.9 Å². The Labute approximate surface area is 147 Å². The van der Waals surface area contributed by atoms with E-state index in [0.29, 0.717) is 19.0 Å². The van der Waals surface area contributed by atoms with Crippen LogP contribution >= 0.6 is 0 Å². The average molecular weight is 345 g/mol. The van der Waals surface area contributed by atoms with Crippen molar-refractivity contribution in [1.29, 1.82) is 0 Å². The molecule has 0 aliphatic carbocycles. The molecule has 1 aromatic carbocycles. The fraction of sp³-hybridized carbons (Fsp3) is 0.474. The molecule has 0 bridgehead atoms. The normalized spacial score (nSPS) is 18.3. The molecule has 2 aromatic rings. The zero-order valence-corrected chi connectivity index (χ0v) is 14.7. The Morgan fingerprint density at radius 2 is 2.12 bits per heavy atom. The van der Waals surface area contributed by atoms with E-state index in [0.717, 1.165) is 43.3 Å². The number of para-hydroxylation sites is 1. The van der Waals surface area contributed by atoms with E-state index in [1.165, 1.54) is 6.07 Å². The first kappa shape index (κ1) is 17.8. The maximum Gasteiger partial charge on any atom is 0.165 e. The Bertz CT molecular complexity index is 691. The number of aromatic nitrogens is 2. The molecule has 0 saturated carbocycles. The highest BCUT2D eigenvalue weighted by Gasteiger charge is 2.23. The Kier molecular flexibility index (Phi) is 5.94. The minimum atomic E-state index is -0.316. The second kappa shape index (κ2) is 8.36. The van der Waals surface area contributed by atoms with Crippen LogP contribution in [-0.4, -0.2) is 47.7 Å². The second-order valence-electron chi connectivity index (χ2n) is 6.27. The Morgan fingerprint density at radius 3 is 2.92 bits per heavy atom. The van der Waals surface area contributed by atoms with Crippen LogP contribution in [0.25, 0.3) is 0 Å². The molecule has 1 unspecified atom stereocenters. The molecule has 1 atom stereocenters. The minimum absolute atomic E-state index is 0.0263.